The Bertz CT molecular complexity index is 796. The van der Waals surface area contributed by atoms with Crippen LogP contribution in [0, 0.1) is 11.3 Å². The van der Waals surface area contributed by atoms with Crippen LogP contribution in [0.2, 0.25) is 5.02 Å². The standard InChI is InChI=1S/C14H8ClFIN3O/c15-10-4-8(3-9(5-10)6-18)1-2-11-12(13(16)17)19-7-20-14(11)21/h1-5,7,13H,(H,19,20,21)/b2-1-. The molecule has 0 amide bonds. The van der Waals surface area contributed by atoms with Crippen molar-refractivity contribution in [3.05, 3.63) is 62.3 Å². The lowest BCUT2D eigenvalue weighted by atomic mass is 10.1. The van der Waals surface area contributed by atoms with Crippen molar-refractivity contribution < 1.29 is 4.39 Å². The highest BCUT2D eigenvalue weighted by Crippen LogP contribution is 2.25. The van der Waals surface area contributed by atoms with E-state index in [0.29, 0.717) is 16.1 Å². The van der Waals surface area contributed by atoms with Gasteiger partial charge < -0.3 is 4.98 Å². The second-order valence-electron chi connectivity index (χ2n) is 4.05. The molecule has 0 aliphatic rings. The van der Waals surface area contributed by atoms with Gasteiger partial charge in [-0.3, -0.25) is 4.79 Å². The molecule has 0 spiro atoms. The van der Waals surface area contributed by atoms with Gasteiger partial charge in [0.1, 0.15) is 0 Å². The number of nitrogens with zero attached hydrogens (tertiary/aromatic N) is 2. The summed E-state index contributed by atoms with van der Waals surface area (Å²) in [6.45, 7) is 0. The minimum absolute atomic E-state index is 0.0538. The second-order valence-corrected chi connectivity index (χ2v) is 5.58. The van der Waals surface area contributed by atoms with Crippen molar-refractivity contribution in [2.45, 2.75) is 4.18 Å². The van der Waals surface area contributed by atoms with Crippen molar-refractivity contribution >= 4 is 46.3 Å². The van der Waals surface area contributed by atoms with Crippen molar-refractivity contribution in [3.8, 4) is 6.07 Å². The minimum Gasteiger partial charge on any atom is -0.313 e. The molecule has 1 N–H and O–H groups in total. The van der Waals surface area contributed by atoms with Crippen LogP contribution in [0.5, 0.6) is 0 Å². The molecule has 7 heteroatoms. The Morgan fingerprint density at radius 1 is 1.43 bits per heavy atom. The van der Waals surface area contributed by atoms with Gasteiger partial charge >= 0.3 is 0 Å². The highest BCUT2D eigenvalue weighted by molar-refractivity contribution is 14.1. The van der Waals surface area contributed by atoms with Crippen LogP contribution in [-0.2, 0) is 0 Å². The zero-order valence-electron chi connectivity index (χ0n) is 10.5. The zero-order chi connectivity index (χ0) is 15.4. The molecule has 0 radical (unpaired) electrons. The molecule has 2 aromatic rings. The molecule has 1 atom stereocenters. The fourth-order valence-electron chi connectivity index (χ4n) is 1.71. The van der Waals surface area contributed by atoms with Crippen molar-refractivity contribution in [2.75, 3.05) is 0 Å². The first-order valence-corrected chi connectivity index (χ1v) is 7.38. The average Bonchev–Trinajstić information content (AvgIpc) is 2.45. The largest absolute Gasteiger partial charge is 0.313 e. The summed E-state index contributed by atoms with van der Waals surface area (Å²) < 4.78 is 12.1. The highest BCUT2D eigenvalue weighted by atomic mass is 127. The lowest BCUT2D eigenvalue weighted by Gasteiger charge is -2.03. The maximum absolute atomic E-state index is 13.5. The number of H-pyrrole nitrogens is 1. The van der Waals surface area contributed by atoms with Crippen molar-refractivity contribution in [2.24, 2.45) is 0 Å². The van der Waals surface area contributed by atoms with Gasteiger partial charge in [-0.15, -0.1) is 0 Å². The fourth-order valence-corrected chi connectivity index (χ4v) is 2.45. The first-order valence-electron chi connectivity index (χ1n) is 5.76. The Labute approximate surface area is 138 Å². The van der Waals surface area contributed by atoms with Crippen molar-refractivity contribution in [3.63, 3.8) is 0 Å². The molecule has 1 unspecified atom stereocenters. The molecule has 2 rings (SSSR count). The first-order chi connectivity index (χ1) is 10.0. The van der Waals surface area contributed by atoms with Gasteiger partial charge in [-0.2, -0.15) is 5.26 Å². The number of aromatic nitrogens is 2. The summed E-state index contributed by atoms with van der Waals surface area (Å²) in [6, 6.07) is 6.77. The molecule has 1 aromatic carbocycles. The fraction of sp³-hybridized carbons (Fsp3) is 0.0714. The third kappa shape index (κ3) is 3.89. The van der Waals surface area contributed by atoms with E-state index in [0.717, 1.165) is 6.33 Å². The van der Waals surface area contributed by atoms with E-state index in [2.05, 4.69) is 9.97 Å². The molecular formula is C14H8ClFIN3O. The van der Waals surface area contributed by atoms with E-state index < -0.39 is 9.74 Å². The number of halogens is 3. The first kappa shape index (κ1) is 15.7. The van der Waals surface area contributed by atoms with Crippen LogP contribution >= 0.6 is 34.2 Å². The van der Waals surface area contributed by atoms with Crippen LogP contribution in [0.4, 0.5) is 4.39 Å². The number of nitriles is 1. The van der Waals surface area contributed by atoms with Gasteiger partial charge in [-0.05, 0) is 52.4 Å². The van der Waals surface area contributed by atoms with E-state index in [-0.39, 0.29) is 11.3 Å². The number of nitrogens with one attached hydrogen (secondary N) is 1. The Kier molecular flexibility index (Phi) is 5.09. The van der Waals surface area contributed by atoms with Crippen LogP contribution in [0.3, 0.4) is 0 Å². The smallest absolute Gasteiger partial charge is 0.258 e. The topological polar surface area (TPSA) is 69.5 Å². The molecule has 0 fully saturated rings. The Balaban J connectivity index is 2.45. The highest BCUT2D eigenvalue weighted by Gasteiger charge is 2.13. The summed E-state index contributed by atoms with van der Waals surface area (Å²) in [5, 5.41) is 9.29. The quantitative estimate of drug-likeness (QED) is 0.611. The number of alkyl halides is 2. The molecule has 0 saturated heterocycles. The van der Waals surface area contributed by atoms with E-state index in [1.165, 1.54) is 12.1 Å². The van der Waals surface area contributed by atoms with Crippen molar-refractivity contribution in [1.82, 2.24) is 9.97 Å². The molecule has 4 nitrogen and oxygen atoms in total. The minimum atomic E-state index is -1.39. The molecular weight excluding hydrogens is 408 g/mol. The number of rotatable bonds is 3. The van der Waals surface area contributed by atoms with Gasteiger partial charge in [0.15, 0.2) is 4.18 Å². The van der Waals surface area contributed by atoms with Crippen LogP contribution in [0.15, 0.2) is 29.3 Å². The molecule has 0 aliphatic carbocycles. The Hall–Kier alpha value is -1.72. The molecule has 0 aliphatic heterocycles. The normalized spacial score (nSPS) is 12.3. The summed E-state index contributed by atoms with van der Waals surface area (Å²) in [7, 11) is 0. The van der Waals surface area contributed by atoms with Crippen LogP contribution in [-0.4, -0.2) is 9.97 Å². The van der Waals surface area contributed by atoms with E-state index in [9.17, 15) is 9.18 Å². The summed E-state index contributed by atoms with van der Waals surface area (Å²) in [5.74, 6) is 0. The van der Waals surface area contributed by atoms with E-state index in [1.807, 2.05) is 6.07 Å². The summed E-state index contributed by atoms with van der Waals surface area (Å²) in [5.41, 5.74) is 0.797. The summed E-state index contributed by atoms with van der Waals surface area (Å²) in [4.78, 5) is 18.0. The summed E-state index contributed by atoms with van der Waals surface area (Å²) >= 11 is 7.44. The molecule has 106 valence electrons. The van der Waals surface area contributed by atoms with Crippen LogP contribution < -0.4 is 5.56 Å². The second kappa shape index (κ2) is 6.83. The molecule has 0 bridgehead atoms. The average molecular weight is 416 g/mol. The maximum atomic E-state index is 13.5. The summed E-state index contributed by atoms with van der Waals surface area (Å²) in [6.07, 6.45) is 4.20. The van der Waals surface area contributed by atoms with Gasteiger partial charge in [0.25, 0.3) is 5.56 Å². The van der Waals surface area contributed by atoms with Crippen LogP contribution in [0.1, 0.15) is 26.6 Å². The van der Waals surface area contributed by atoms with Gasteiger partial charge in [-0.25, -0.2) is 9.37 Å². The lowest BCUT2D eigenvalue weighted by Crippen LogP contribution is -2.13. The molecule has 0 saturated carbocycles. The predicted octanol–water partition coefficient (Wildman–Crippen LogP) is 3.87. The maximum Gasteiger partial charge on any atom is 0.258 e. The number of hydrogen-bond acceptors (Lipinski definition) is 3. The molecule has 1 aromatic heterocycles. The molecule has 1 heterocycles. The van der Waals surface area contributed by atoms with Crippen LogP contribution in [0.25, 0.3) is 12.2 Å². The Morgan fingerprint density at radius 2 is 2.19 bits per heavy atom. The molecule has 21 heavy (non-hydrogen) atoms. The van der Waals surface area contributed by atoms with Gasteiger partial charge in [0, 0.05) is 5.02 Å². The number of hydrogen-bond donors (Lipinski definition) is 1. The number of aromatic amines is 1. The van der Waals surface area contributed by atoms with E-state index >= 15 is 0 Å². The Morgan fingerprint density at radius 3 is 2.86 bits per heavy atom. The zero-order valence-corrected chi connectivity index (χ0v) is 13.4. The predicted molar refractivity (Wildman–Crippen MR) is 87.8 cm³/mol. The van der Waals surface area contributed by atoms with Gasteiger partial charge in [0.05, 0.1) is 29.2 Å². The van der Waals surface area contributed by atoms with Gasteiger partial charge in [-0.1, -0.05) is 17.7 Å². The number of benzene rings is 1. The third-order valence-corrected chi connectivity index (χ3v) is 3.43. The monoisotopic (exact) mass is 415 g/mol. The van der Waals surface area contributed by atoms with Gasteiger partial charge in [0.2, 0.25) is 0 Å². The third-order valence-electron chi connectivity index (χ3n) is 2.62. The van der Waals surface area contributed by atoms with E-state index in [1.54, 1.807) is 40.8 Å². The SMILES string of the molecule is N#Cc1cc(Cl)cc(/C=C\c2c(C(F)I)nc[nH]c2=O)c1. The van der Waals surface area contributed by atoms with Crippen molar-refractivity contribution in [1.29, 1.82) is 5.26 Å². The van der Waals surface area contributed by atoms with E-state index in [4.69, 9.17) is 16.9 Å². The lowest BCUT2D eigenvalue weighted by molar-refractivity contribution is 0.479.